The van der Waals surface area contributed by atoms with Crippen LogP contribution in [0.15, 0.2) is 71.8 Å². The molecule has 0 saturated heterocycles. The third-order valence-electron chi connectivity index (χ3n) is 4.66. The number of hydrogen-bond acceptors (Lipinski definition) is 4. The number of aromatic amines is 1. The van der Waals surface area contributed by atoms with Gasteiger partial charge in [0, 0.05) is 11.5 Å². The lowest BCUT2D eigenvalue weighted by molar-refractivity contribution is 0.306. The normalized spacial score (nSPS) is 11.6. The van der Waals surface area contributed by atoms with Crippen molar-refractivity contribution < 1.29 is 4.74 Å². The summed E-state index contributed by atoms with van der Waals surface area (Å²) in [6, 6.07) is 22.4. The molecule has 1 aromatic heterocycles. The molecule has 0 unspecified atom stereocenters. The Balaban J connectivity index is 1.75. The van der Waals surface area contributed by atoms with Crippen LogP contribution in [0.5, 0.6) is 5.75 Å². The van der Waals surface area contributed by atoms with Crippen molar-refractivity contribution in [1.82, 2.24) is 14.9 Å². The first-order valence-electron chi connectivity index (χ1n) is 9.53. The number of ether oxygens (including phenoxy) is 1. The summed E-state index contributed by atoms with van der Waals surface area (Å²) in [5, 5.41) is 13.9. The molecular weight excluding hydrogens is 380 g/mol. The summed E-state index contributed by atoms with van der Waals surface area (Å²) >= 11 is 5.35. The summed E-state index contributed by atoms with van der Waals surface area (Å²) in [4.78, 5) is 0. The Morgan fingerprint density at radius 2 is 1.83 bits per heavy atom. The molecule has 1 N–H and O–H groups in total. The Hall–Kier alpha value is -3.25. The average molecular weight is 403 g/mol. The molecule has 0 saturated carbocycles. The van der Waals surface area contributed by atoms with Gasteiger partial charge in [-0.3, -0.25) is 5.10 Å². The molecule has 4 aromatic rings. The van der Waals surface area contributed by atoms with Crippen molar-refractivity contribution in [3.63, 3.8) is 0 Å². The number of hydrogen-bond donors (Lipinski definition) is 1. The summed E-state index contributed by atoms with van der Waals surface area (Å²) in [5.74, 6) is 1.76. The van der Waals surface area contributed by atoms with Crippen LogP contribution in [-0.2, 0) is 6.61 Å². The fourth-order valence-corrected chi connectivity index (χ4v) is 3.36. The summed E-state index contributed by atoms with van der Waals surface area (Å²) in [6.45, 7) is 4.61. The second kappa shape index (κ2) is 8.41. The van der Waals surface area contributed by atoms with E-state index in [1.807, 2.05) is 36.4 Å². The summed E-state index contributed by atoms with van der Waals surface area (Å²) in [6.07, 6.45) is 1.81. The first-order chi connectivity index (χ1) is 14.1. The van der Waals surface area contributed by atoms with Crippen molar-refractivity contribution in [3.8, 4) is 5.75 Å². The third kappa shape index (κ3) is 4.12. The van der Waals surface area contributed by atoms with Gasteiger partial charge in [-0.25, -0.2) is 0 Å². The fraction of sp³-hybridized carbons (Fsp3) is 0.174. The van der Waals surface area contributed by atoms with Gasteiger partial charge in [-0.2, -0.15) is 14.9 Å². The van der Waals surface area contributed by atoms with E-state index in [1.54, 1.807) is 10.9 Å². The molecular formula is C23H22N4OS. The highest BCUT2D eigenvalue weighted by molar-refractivity contribution is 7.71. The number of H-pyrrole nitrogens is 1. The summed E-state index contributed by atoms with van der Waals surface area (Å²) in [7, 11) is 0. The van der Waals surface area contributed by atoms with Crippen molar-refractivity contribution in [2.45, 2.75) is 26.4 Å². The molecule has 0 aliphatic rings. The zero-order chi connectivity index (χ0) is 20.2. The summed E-state index contributed by atoms with van der Waals surface area (Å²) in [5.41, 5.74) is 2.03. The van der Waals surface area contributed by atoms with E-state index < -0.39 is 0 Å². The molecule has 0 radical (unpaired) electrons. The van der Waals surface area contributed by atoms with E-state index in [2.05, 4.69) is 59.5 Å². The number of nitrogens with zero attached hydrogens (tertiary/aromatic N) is 3. The monoisotopic (exact) mass is 402 g/mol. The van der Waals surface area contributed by atoms with E-state index in [0.29, 0.717) is 11.4 Å². The highest BCUT2D eigenvalue weighted by Gasteiger charge is 2.11. The van der Waals surface area contributed by atoms with Gasteiger partial charge in [0.1, 0.15) is 12.4 Å². The van der Waals surface area contributed by atoms with E-state index in [9.17, 15) is 0 Å². The van der Waals surface area contributed by atoms with Crippen molar-refractivity contribution >= 4 is 29.2 Å². The zero-order valence-electron chi connectivity index (χ0n) is 16.4. The van der Waals surface area contributed by atoms with Crippen LogP contribution >= 0.6 is 12.2 Å². The molecule has 0 amide bonds. The van der Waals surface area contributed by atoms with Gasteiger partial charge in [0.2, 0.25) is 4.77 Å². The second-order valence-electron chi connectivity index (χ2n) is 7.07. The predicted molar refractivity (Wildman–Crippen MR) is 119 cm³/mol. The van der Waals surface area contributed by atoms with Gasteiger partial charge in [0.05, 0.1) is 6.21 Å². The van der Waals surface area contributed by atoms with Gasteiger partial charge >= 0.3 is 0 Å². The van der Waals surface area contributed by atoms with Crippen LogP contribution < -0.4 is 4.74 Å². The fourth-order valence-electron chi connectivity index (χ4n) is 3.17. The molecule has 5 nitrogen and oxygen atoms in total. The number of fused-ring (bicyclic) bond motifs is 1. The lowest BCUT2D eigenvalue weighted by Crippen LogP contribution is -2.03. The maximum Gasteiger partial charge on any atom is 0.216 e. The van der Waals surface area contributed by atoms with Crippen molar-refractivity contribution in [2.24, 2.45) is 5.10 Å². The van der Waals surface area contributed by atoms with Gasteiger partial charge in [0.15, 0.2) is 5.82 Å². The number of benzene rings is 3. The van der Waals surface area contributed by atoms with Gasteiger partial charge in [-0.15, -0.1) is 0 Å². The molecule has 29 heavy (non-hydrogen) atoms. The minimum Gasteiger partial charge on any atom is -0.488 e. The van der Waals surface area contributed by atoms with Gasteiger partial charge < -0.3 is 4.74 Å². The topological polar surface area (TPSA) is 55.2 Å². The molecule has 146 valence electrons. The molecule has 4 rings (SSSR count). The first-order valence-corrected chi connectivity index (χ1v) is 9.94. The molecule has 0 bridgehead atoms. The smallest absolute Gasteiger partial charge is 0.216 e. The second-order valence-corrected chi connectivity index (χ2v) is 7.46. The Labute approximate surface area is 174 Å². The highest BCUT2D eigenvalue weighted by atomic mass is 32.1. The maximum absolute atomic E-state index is 6.16. The Bertz CT molecular complexity index is 1210. The van der Waals surface area contributed by atoms with Crippen molar-refractivity contribution in [1.29, 1.82) is 0 Å². The van der Waals surface area contributed by atoms with Crippen LogP contribution in [0.2, 0.25) is 0 Å². The molecule has 0 aliphatic carbocycles. The van der Waals surface area contributed by atoms with E-state index in [4.69, 9.17) is 17.0 Å². The standard InChI is InChI=1S/C23H22N4OS/c1-16(2)22-25-26-23(29)27(22)24-14-20-19-11-7-6-10-18(19)12-13-21(20)28-15-17-8-4-3-5-9-17/h3-14,16H,15H2,1-2H3,(H,26,29). The Kier molecular flexibility index (Phi) is 5.53. The minimum atomic E-state index is 0.196. The number of aromatic nitrogens is 3. The van der Waals surface area contributed by atoms with Crippen LogP contribution in [0.3, 0.4) is 0 Å². The molecule has 0 fully saturated rings. The zero-order valence-corrected chi connectivity index (χ0v) is 17.2. The molecule has 1 heterocycles. The third-order valence-corrected chi connectivity index (χ3v) is 4.93. The predicted octanol–water partition coefficient (Wildman–Crippen LogP) is 5.68. The summed E-state index contributed by atoms with van der Waals surface area (Å²) < 4.78 is 8.30. The van der Waals surface area contributed by atoms with Crippen molar-refractivity contribution in [3.05, 3.63) is 88.5 Å². The molecule has 0 aliphatic heterocycles. The van der Waals surface area contributed by atoms with Crippen LogP contribution in [0.4, 0.5) is 0 Å². The van der Waals surface area contributed by atoms with Crippen LogP contribution in [-0.4, -0.2) is 21.1 Å². The van der Waals surface area contributed by atoms with Gasteiger partial charge in [0.25, 0.3) is 0 Å². The van der Waals surface area contributed by atoms with Crippen LogP contribution in [0.1, 0.15) is 36.7 Å². The first kappa shape index (κ1) is 19.1. The van der Waals surface area contributed by atoms with Crippen LogP contribution in [0, 0.1) is 4.77 Å². The molecule has 3 aromatic carbocycles. The van der Waals surface area contributed by atoms with E-state index in [-0.39, 0.29) is 5.92 Å². The van der Waals surface area contributed by atoms with Gasteiger partial charge in [-0.05, 0) is 34.6 Å². The number of nitrogens with one attached hydrogen (secondary N) is 1. The van der Waals surface area contributed by atoms with Crippen LogP contribution in [0.25, 0.3) is 10.8 Å². The lowest BCUT2D eigenvalue weighted by Gasteiger charge is -2.12. The quantitative estimate of drug-likeness (QED) is 0.333. The molecule has 6 heteroatoms. The Morgan fingerprint density at radius 1 is 1.07 bits per heavy atom. The SMILES string of the molecule is CC(C)c1n[nH]c(=S)n1N=Cc1c(OCc2ccccc2)ccc2ccccc12. The maximum atomic E-state index is 6.16. The lowest BCUT2D eigenvalue weighted by atomic mass is 10.0. The molecule has 0 atom stereocenters. The Morgan fingerprint density at radius 3 is 2.62 bits per heavy atom. The highest BCUT2D eigenvalue weighted by Crippen LogP contribution is 2.27. The van der Waals surface area contributed by atoms with E-state index >= 15 is 0 Å². The average Bonchev–Trinajstić information content (AvgIpc) is 3.12. The van der Waals surface area contributed by atoms with E-state index in [0.717, 1.165) is 33.5 Å². The van der Waals surface area contributed by atoms with Gasteiger partial charge in [-0.1, -0.05) is 74.5 Å². The number of rotatable bonds is 6. The molecule has 0 spiro atoms. The van der Waals surface area contributed by atoms with Crippen molar-refractivity contribution in [2.75, 3.05) is 0 Å². The minimum absolute atomic E-state index is 0.196. The largest absolute Gasteiger partial charge is 0.488 e. The van der Waals surface area contributed by atoms with E-state index in [1.165, 1.54) is 0 Å².